The van der Waals surface area contributed by atoms with Crippen LogP contribution in [0.2, 0.25) is 0 Å². The number of carbonyl (C=O) groups is 3. The zero-order valence-corrected chi connectivity index (χ0v) is 19.0. The van der Waals surface area contributed by atoms with Crippen molar-refractivity contribution in [1.82, 2.24) is 0 Å². The number of benzene rings is 2. The lowest BCUT2D eigenvalue weighted by atomic mass is 10.1. The predicted molar refractivity (Wildman–Crippen MR) is 127 cm³/mol. The third-order valence-electron chi connectivity index (χ3n) is 4.27. The quantitative estimate of drug-likeness (QED) is 0.323. The summed E-state index contributed by atoms with van der Waals surface area (Å²) in [5.74, 6) is -2.47. The molecule has 0 aliphatic carbocycles. The summed E-state index contributed by atoms with van der Waals surface area (Å²) in [5, 5.41) is 25.3. The molecule has 0 aliphatic rings. The number of carboxylic acids is 3. The molecular formula is C24H35N3O6. The molecule has 2 aromatic carbocycles. The molecule has 2 aromatic rings. The predicted octanol–water partition coefficient (Wildman–Crippen LogP) is 1.73. The maximum absolute atomic E-state index is 10.4. The van der Waals surface area contributed by atoms with Crippen molar-refractivity contribution in [1.29, 1.82) is 0 Å². The number of nitrogens with two attached hydrogens (primary N) is 3. The van der Waals surface area contributed by atoms with Gasteiger partial charge in [0.15, 0.2) is 0 Å². The van der Waals surface area contributed by atoms with Gasteiger partial charge in [-0.2, -0.15) is 0 Å². The minimum Gasteiger partial charge on any atom is -0.480 e. The third-order valence-corrected chi connectivity index (χ3v) is 4.27. The fourth-order valence-corrected chi connectivity index (χ4v) is 2.52. The Bertz CT molecular complexity index is 773. The first-order valence-corrected chi connectivity index (χ1v) is 10.5. The van der Waals surface area contributed by atoms with Crippen LogP contribution in [0.4, 0.5) is 0 Å². The fourth-order valence-electron chi connectivity index (χ4n) is 2.52. The van der Waals surface area contributed by atoms with Gasteiger partial charge in [0.05, 0.1) is 0 Å². The van der Waals surface area contributed by atoms with Crippen molar-refractivity contribution in [3.63, 3.8) is 0 Å². The molecule has 0 aromatic heterocycles. The van der Waals surface area contributed by atoms with Crippen molar-refractivity contribution in [2.45, 2.75) is 51.2 Å². The van der Waals surface area contributed by atoms with E-state index in [4.69, 9.17) is 32.5 Å². The number of aliphatic carboxylic acids is 3. The smallest absolute Gasteiger partial charge is 0.320 e. The maximum Gasteiger partial charge on any atom is 0.320 e. The molecule has 0 radical (unpaired) electrons. The second-order valence-electron chi connectivity index (χ2n) is 7.84. The average Bonchev–Trinajstić information content (AvgIpc) is 2.75. The minimum absolute atomic E-state index is 0.357. The van der Waals surface area contributed by atoms with Gasteiger partial charge in [0.1, 0.15) is 18.1 Å². The molecule has 33 heavy (non-hydrogen) atoms. The molecule has 0 heterocycles. The lowest BCUT2D eigenvalue weighted by molar-refractivity contribution is -0.139. The Hall–Kier alpha value is -3.27. The normalized spacial score (nSPS) is 12.8. The number of rotatable bonds is 9. The summed E-state index contributed by atoms with van der Waals surface area (Å²) < 4.78 is 0. The van der Waals surface area contributed by atoms with E-state index in [2.05, 4.69) is 0 Å². The van der Waals surface area contributed by atoms with Gasteiger partial charge in [-0.3, -0.25) is 14.4 Å². The second-order valence-corrected chi connectivity index (χ2v) is 7.84. The van der Waals surface area contributed by atoms with Gasteiger partial charge in [-0.15, -0.1) is 0 Å². The van der Waals surface area contributed by atoms with Crippen LogP contribution in [0.15, 0.2) is 60.7 Å². The Morgan fingerprint density at radius 1 is 0.636 bits per heavy atom. The molecule has 0 saturated heterocycles. The largest absolute Gasteiger partial charge is 0.480 e. The van der Waals surface area contributed by atoms with E-state index < -0.39 is 36.0 Å². The van der Waals surface area contributed by atoms with E-state index in [9.17, 15) is 14.4 Å². The van der Waals surface area contributed by atoms with E-state index in [1.165, 1.54) is 0 Å². The molecule has 0 aliphatic heterocycles. The SMILES string of the molecule is CC(C)CC(N)C(=O)O.NC(Cc1ccccc1)C(=O)O.NC(Cc1ccccc1)C(=O)O. The molecule has 182 valence electrons. The van der Waals surface area contributed by atoms with Gasteiger partial charge >= 0.3 is 17.9 Å². The van der Waals surface area contributed by atoms with Crippen LogP contribution in [0.3, 0.4) is 0 Å². The zero-order valence-electron chi connectivity index (χ0n) is 19.0. The molecule has 3 unspecified atom stereocenters. The summed E-state index contributed by atoms with van der Waals surface area (Å²) in [6.45, 7) is 3.89. The van der Waals surface area contributed by atoms with Gasteiger partial charge in [-0.25, -0.2) is 0 Å². The topological polar surface area (TPSA) is 190 Å². The monoisotopic (exact) mass is 461 g/mol. The molecular weight excluding hydrogens is 426 g/mol. The highest BCUT2D eigenvalue weighted by Crippen LogP contribution is 2.03. The van der Waals surface area contributed by atoms with Gasteiger partial charge < -0.3 is 32.5 Å². The first kappa shape index (κ1) is 29.7. The van der Waals surface area contributed by atoms with E-state index in [-0.39, 0.29) is 0 Å². The van der Waals surface area contributed by atoms with Gasteiger partial charge in [-0.1, -0.05) is 74.5 Å². The Morgan fingerprint density at radius 3 is 1.15 bits per heavy atom. The lowest BCUT2D eigenvalue weighted by Crippen LogP contribution is -2.32. The summed E-state index contributed by atoms with van der Waals surface area (Å²) in [6.07, 6.45) is 1.32. The van der Waals surface area contributed by atoms with Crippen molar-refractivity contribution in [2.75, 3.05) is 0 Å². The highest BCUT2D eigenvalue weighted by Gasteiger charge is 2.12. The molecule has 9 N–H and O–H groups in total. The van der Waals surface area contributed by atoms with Crippen molar-refractivity contribution in [2.24, 2.45) is 23.1 Å². The third kappa shape index (κ3) is 15.2. The maximum atomic E-state index is 10.4. The van der Waals surface area contributed by atoms with Crippen LogP contribution in [-0.2, 0) is 27.2 Å². The van der Waals surface area contributed by atoms with Crippen LogP contribution in [0.5, 0.6) is 0 Å². The van der Waals surface area contributed by atoms with E-state index in [1.807, 2.05) is 74.5 Å². The van der Waals surface area contributed by atoms with Gasteiger partial charge in [0.25, 0.3) is 0 Å². The van der Waals surface area contributed by atoms with Crippen molar-refractivity contribution in [3.8, 4) is 0 Å². The molecule has 3 atom stereocenters. The summed E-state index contributed by atoms with van der Waals surface area (Å²) in [6, 6.07) is 16.4. The average molecular weight is 462 g/mol. The molecule has 0 fully saturated rings. The number of carboxylic acid groups (broad SMARTS) is 3. The van der Waals surface area contributed by atoms with Crippen LogP contribution in [0, 0.1) is 5.92 Å². The summed E-state index contributed by atoms with van der Waals surface area (Å²) in [4.78, 5) is 30.9. The summed E-state index contributed by atoms with van der Waals surface area (Å²) >= 11 is 0. The van der Waals surface area contributed by atoms with Crippen molar-refractivity contribution >= 4 is 17.9 Å². The fraction of sp³-hybridized carbons (Fsp3) is 0.375. The second kappa shape index (κ2) is 16.4. The van der Waals surface area contributed by atoms with Gasteiger partial charge in [-0.05, 0) is 36.3 Å². The van der Waals surface area contributed by atoms with Crippen LogP contribution in [0.25, 0.3) is 0 Å². The van der Waals surface area contributed by atoms with E-state index in [0.29, 0.717) is 25.2 Å². The number of hydrogen-bond acceptors (Lipinski definition) is 6. The van der Waals surface area contributed by atoms with Crippen LogP contribution < -0.4 is 17.2 Å². The van der Waals surface area contributed by atoms with Gasteiger partial charge in [0.2, 0.25) is 0 Å². The standard InChI is InChI=1S/2C9H11NO2.C6H13NO2/c2*10-8(9(11)12)6-7-4-2-1-3-5-7;1-4(2)3-5(7)6(8)9/h2*1-5,8H,6,10H2,(H,11,12);4-5H,3,7H2,1-2H3,(H,8,9). The molecule has 9 nitrogen and oxygen atoms in total. The Labute approximate surface area is 194 Å². The molecule has 0 amide bonds. The summed E-state index contributed by atoms with van der Waals surface area (Å²) in [5.41, 5.74) is 17.8. The van der Waals surface area contributed by atoms with E-state index >= 15 is 0 Å². The molecule has 0 saturated carbocycles. The molecule has 0 bridgehead atoms. The highest BCUT2D eigenvalue weighted by atomic mass is 16.4. The van der Waals surface area contributed by atoms with Crippen molar-refractivity contribution in [3.05, 3.63) is 71.8 Å². The highest BCUT2D eigenvalue weighted by molar-refractivity contribution is 5.74. The first-order chi connectivity index (χ1) is 15.4. The number of hydrogen-bond donors (Lipinski definition) is 6. The summed E-state index contributed by atoms with van der Waals surface area (Å²) in [7, 11) is 0. The first-order valence-electron chi connectivity index (χ1n) is 10.5. The Morgan fingerprint density at radius 2 is 0.939 bits per heavy atom. The molecule has 2 rings (SSSR count). The lowest BCUT2D eigenvalue weighted by Gasteiger charge is -2.07. The molecule has 9 heteroatoms. The van der Waals surface area contributed by atoms with Crippen molar-refractivity contribution < 1.29 is 29.7 Å². The van der Waals surface area contributed by atoms with Crippen LogP contribution in [0.1, 0.15) is 31.4 Å². The van der Waals surface area contributed by atoms with E-state index in [1.54, 1.807) is 0 Å². The molecule has 0 spiro atoms. The Kier molecular flexibility index (Phi) is 14.8. The van der Waals surface area contributed by atoms with Gasteiger partial charge in [0, 0.05) is 0 Å². The van der Waals surface area contributed by atoms with Crippen LogP contribution >= 0.6 is 0 Å². The zero-order chi connectivity index (χ0) is 25.4. The van der Waals surface area contributed by atoms with Crippen LogP contribution in [-0.4, -0.2) is 51.4 Å². The minimum atomic E-state index is -0.959. The Balaban J connectivity index is 0.000000472. The van der Waals surface area contributed by atoms with E-state index in [0.717, 1.165) is 11.1 Å².